The highest BCUT2D eigenvalue weighted by Crippen LogP contribution is 2.49. The van der Waals surface area contributed by atoms with E-state index >= 15 is 0 Å². The number of nitrogens with one attached hydrogen (secondary N) is 1. The molecule has 2 aromatic carbocycles. The van der Waals surface area contributed by atoms with Crippen molar-refractivity contribution in [2.75, 3.05) is 26.2 Å². The van der Waals surface area contributed by atoms with Crippen LogP contribution in [0, 0.1) is 16.7 Å². The van der Waals surface area contributed by atoms with Gasteiger partial charge in [0.25, 0.3) is 0 Å². The van der Waals surface area contributed by atoms with Gasteiger partial charge in [-0.3, -0.25) is 9.59 Å². The number of ether oxygens (including phenoxy) is 1. The predicted octanol–water partition coefficient (Wildman–Crippen LogP) is 3.87. The second-order valence-corrected chi connectivity index (χ2v) is 10.3. The molecule has 2 aromatic rings. The Labute approximate surface area is 199 Å². The van der Waals surface area contributed by atoms with Gasteiger partial charge in [0.1, 0.15) is 6.61 Å². The maximum absolute atomic E-state index is 13.2. The first-order chi connectivity index (χ1) is 16.2. The summed E-state index contributed by atoms with van der Waals surface area (Å²) in [6.07, 6.45) is 0.833. The number of benzene rings is 2. The molecule has 5 rings (SSSR count). The summed E-state index contributed by atoms with van der Waals surface area (Å²) in [5.74, 6) is -1.09. The standard InChI is InChI=1S/C27H30N2O5/c1-17-13-29(16-26(17,2)24(31)32)23(30)27(11-12-27)15-28-25(33)34-14-22-20-9-5-3-7-18(20)19-8-4-6-10-21(19)22/h3-10,17,22H,11-16H2,1-2H3,(H,28,33)(H,31,32)/t17-,26-/m1/s1. The topological polar surface area (TPSA) is 95.9 Å². The summed E-state index contributed by atoms with van der Waals surface area (Å²) in [6.45, 7) is 4.62. The van der Waals surface area contributed by atoms with Crippen LogP contribution in [0.1, 0.15) is 43.7 Å². The van der Waals surface area contributed by atoms with Crippen LogP contribution < -0.4 is 5.32 Å². The molecule has 34 heavy (non-hydrogen) atoms. The molecule has 1 saturated carbocycles. The van der Waals surface area contributed by atoms with E-state index in [2.05, 4.69) is 29.6 Å². The molecule has 0 radical (unpaired) electrons. The number of alkyl carbamates (subject to hydrolysis) is 1. The van der Waals surface area contributed by atoms with Gasteiger partial charge in [0.05, 0.1) is 10.8 Å². The van der Waals surface area contributed by atoms with Crippen molar-refractivity contribution in [3.8, 4) is 11.1 Å². The summed E-state index contributed by atoms with van der Waals surface area (Å²) in [6, 6.07) is 16.3. The molecule has 1 saturated heterocycles. The van der Waals surface area contributed by atoms with Gasteiger partial charge in [0.2, 0.25) is 5.91 Å². The van der Waals surface area contributed by atoms with E-state index in [1.54, 1.807) is 11.8 Å². The Hall–Kier alpha value is -3.35. The lowest BCUT2D eigenvalue weighted by Crippen LogP contribution is -2.43. The van der Waals surface area contributed by atoms with Gasteiger partial charge in [-0.05, 0) is 47.9 Å². The minimum absolute atomic E-state index is 0.0190. The lowest BCUT2D eigenvalue weighted by Gasteiger charge is -2.25. The number of aliphatic carboxylic acids is 1. The van der Waals surface area contributed by atoms with Crippen LogP contribution >= 0.6 is 0 Å². The second-order valence-electron chi connectivity index (χ2n) is 10.3. The van der Waals surface area contributed by atoms with Gasteiger partial charge in [-0.1, -0.05) is 55.5 Å². The van der Waals surface area contributed by atoms with E-state index < -0.39 is 22.9 Å². The summed E-state index contributed by atoms with van der Waals surface area (Å²) in [7, 11) is 0. The Morgan fingerprint density at radius 3 is 2.18 bits per heavy atom. The molecule has 3 aliphatic rings. The lowest BCUT2D eigenvalue weighted by atomic mass is 9.81. The minimum Gasteiger partial charge on any atom is -0.481 e. The van der Waals surface area contributed by atoms with Crippen LogP contribution in [0.2, 0.25) is 0 Å². The third kappa shape index (κ3) is 3.63. The molecule has 178 valence electrons. The van der Waals surface area contributed by atoms with Gasteiger partial charge in [-0.2, -0.15) is 0 Å². The number of hydrogen-bond donors (Lipinski definition) is 2. The van der Waals surface area contributed by atoms with E-state index in [1.807, 2.05) is 31.2 Å². The molecule has 2 aliphatic carbocycles. The van der Waals surface area contributed by atoms with Gasteiger partial charge in [-0.25, -0.2) is 4.79 Å². The van der Waals surface area contributed by atoms with Crippen molar-refractivity contribution in [2.24, 2.45) is 16.7 Å². The van der Waals surface area contributed by atoms with Crippen molar-refractivity contribution in [1.29, 1.82) is 0 Å². The summed E-state index contributed by atoms with van der Waals surface area (Å²) in [5, 5.41) is 12.4. The van der Waals surface area contributed by atoms with Crippen molar-refractivity contribution >= 4 is 18.0 Å². The number of likely N-dealkylation sites (tertiary alicyclic amines) is 1. The van der Waals surface area contributed by atoms with Crippen LogP contribution in [-0.4, -0.2) is 54.2 Å². The monoisotopic (exact) mass is 462 g/mol. The van der Waals surface area contributed by atoms with E-state index in [9.17, 15) is 19.5 Å². The quantitative estimate of drug-likeness (QED) is 0.679. The fraction of sp³-hybridized carbons (Fsp3) is 0.444. The molecule has 1 heterocycles. The van der Waals surface area contributed by atoms with Crippen LogP contribution in [0.5, 0.6) is 0 Å². The van der Waals surface area contributed by atoms with Crippen LogP contribution in [0.3, 0.4) is 0 Å². The van der Waals surface area contributed by atoms with Crippen molar-refractivity contribution in [2.45, 2.75) is 32.6 Å². The molecule has 0 aromatic heterocycles. The zero-order valence-electron chi connectivity index (χ0n) is 19.5. The van der Waals surface area contributed by atoms with E-state index in [0.29, 0.717) is 19.4 Å². The number of nitrogens with zero attached hydrogens (tertiary/aromatic N) is 1. The number of carbonyl (C=O) groups excluding carboxylic acids is 2. The molecular formula is C27H30N2O5. The summed E-state index contributed by atoms with van der Waals surface area (Å²) in [5.41, 5.74) is 3.05. The van der Waals surface area contributed by atoms with Crippen molar-refractivity contribution < 1.29 is 24.2 Å². The molecule has 7 nitrogen and oxygen atoms in total. The SMILES string of the molecule is C[C@@H]1CN(C(=O)C2(CNC(=O)OCC3c4ccccc4-c4ccccc43)CC2)C[C@@]1(C)C(=O)O. The molecule has 2 atom stereocenters. The number of carboxylic acids is 1. The van der Waals surface area contributed by atoms with E-state index in [-0.39, 0.29) is 37.4 Å². The molecule has 1 aliphatic heterocycles. The summed E-state index contributed by atoms with van der Waals surface area (Å²) < 4.78 is 5.60. The maximum atomic E-state index is 13.2. The van der Waals surface area contributed by atoms with Crippen LogP contribution in [-0.2, 0) is 14.3 Å². The smallest absolute Gasteiger partial charge is 0.407 e. The zero-order chi connectivity index (χ0) is 24.1. The number of fused-ring (bicyclic) bond motifs is 3. The van der Waals surface area contributed by atoms with E-state index in [0.717, 1.165) is 11.1 Å². The van der Waals surface area contributed by atoms with Gasteiger partial charge in [-0.15, -0.1) is 0 Å². The average molecular weight is 463 g/mol. The molecule has 0 spiro atoms. The first-order valence-corrected chi connectivity index (χ1v) is 11.9. The van der Waals surface area contributed by atoms with E-state index in [4.69, 9.17) is 4.74 Å². The third-order valence-corrected chi connectivity index (χ3v) is 8.10. The highest BCUT2D eigenvalue weighted by atomic mass is 16.5. The second kappa shape index (κ2) is 8.15. The van der Waals surface area contributed by atoms with Crippen LogP contribution in [0.4, 0.5) is 4.79 Å². The largest absolute Gasteiger partial charge is 0.481 e. The van der Waals surface area contributed by atoms with Gasteiger partial charge < -0.3 is 20.1 Å². The van der Waals surface area contributed by atoms with Crippen molar-refractivity contribution in [1.82, 2.24) is 10.2 Å². The Kier molecular flexibility index (Phi) is 5.38. The summed E-state index contributed by atoms with van der Waals surface area (Å²) >= 11 is 0. The highest BCUT2D eigenvalue weighted by molar-refractivity contribution is 5.88. The minimum atomic E-state index is -0.939. The molecule has 7 heteroatoms. The highest BCUT2D eigenvalue weighted by Gasteiger charge is 2.56. The predicted molar refractivity (Wildman–Crippen MR) is 126 cm³/mol. The van der Waals surface area contributed by atoms with Gasteiger partial charge in [0.15, 0.2) is 0 Å². The average Bonchev–Trinajstić information content (AvgIpc) is 3.47. The number of carbonyl (C=O) groups is 3. The molecule has 0 unspecified atom stereocenters. The third-order valence-electron chi connectivity index (χ3n) is 8.10. The van der Waals surface area contributed by atoms with Crippen LogP contribution in [0.15, 0.2) is 48.5 Å². The lowest BCUT2D eigenvalue weighted by molar-refractivity contribution is -0.149. The Balaban J connectivity index is 1.18. The molecular weight excluding hydrogens is 432 g/mol. The van der Waals surface area contributed by atoms with Crippen molar-refractivity contribution in [3.05, 3.63) is 59.7 Å². The number of rotatable bonds is 6. The first-order valence-electron chi connectivity index (χ1n) is 11.9. The first kappa shape index (κ1) is 22.4. The Bertz CT molecular complexity index is 1110. The molecule has 0 bridgehead atoms. The fourth-order valence-corrected chi connectivity index (χ4v) is 5.43. The van der Waals surface area contributed by atoms with Crippen molar-refractivity contribution in [3.63, 3.8) is 0 Å². The fourth-order valence-electron chi connectivity index (χ4n) is 5.43. The maximum Gasteiger partial charge on any atom is 0.407 e. The zero-order valence-corrected chi connectivity index (χ0v) is 19.5. The normalized spacial score (nSPS) is 24.3. The molecule has 2 amide bonds. The van der Waals surface area contributed by atoms with Crippen LogP contribution in [0.25, 0.3) is 11.1 Å². The van der Waals surface area contributed by atoms with Gasteiger partial charge in [0, 0.05) is 25.6 Å². The number of carboxylic acid groups (broad SMARTS) is 1. The molecule has 2 N–H and O–H groups in total. The van der Waals surface area contributed by atoms with Gasteiger partial charge >= 0.3 is 12.1 Å². The molecule has 2 fully saturated rings. The summed E-state index contributed by atoms with van der Waals surface area (Å²) in [4.78, 5) is 39.1. The number of hydrogen-bond acceptors (Lipinski definition) is 4. The Morgan fingerprint density at radius 1 is 1.06 bits per heavy atom. The number of amides is 2. The Morgan fingerprint density at radius 2 is 1.65 bits per heavy atom. The van der Waals surface area contributed by atoms with E-state index in [1.165, 1.54) is 11.1 Å².